The molecule has 8 nitrogen and oxygen atoms in total. The van der Waals surface area contributed by atoms with Crippen LogP contribution in [0.1, 0.15) is 11.1 Å². The first-order valence-corrected chi connectivity index (χ1v) is 9.46. The van der Waals surface area contributed by atoms with Gasteiger partial charge in [0, 0.05) is 5.69 Å². The highest BCUT2D eigenvalue weighted by molar-refractivity contribution is 7.99. The summed E-state index contributed by atoms with van der Waals surface area (Å²) in [4.78, 5) is 12.0. The van der Waals surface area contributed by atoms with Crippen molar-refractivity contribution in [3.63, 3.8) is 0 Å². The number of anilines is 2. The Morgan fingerprint density at radius 3 is 2.67 bits per heavy atom. The van der Waals surface area contributed by atoms with E-state index in [0.29, 0.717) is 0 Å². The number of carbonyl (C=O) groups is 1. The molecule has 3 rings (SSSR count). The molecule has 0 bridgehead atoms. The van der Waals surface area contributed by atoms with Crippen LogP contribution in [0.25, 0.3) is 0 Å². The molecular formula is C18H16F3N7OS. The van der Waals surface area contributed by atoms with Gasteiger partial charge in [-0.15, -0.1) is 10.2 Å². The van der Waals surface area contributed by atoms with E-state index in [1.54, 1.807) is 6.21 Å². The summed E-state index contributed by atoms with van der Waals surface area (Å²) in [5, 5.41) is 14.3. The Hall–Kier alpha value is -3.54. The minimum Gasteiger partial charge on any atom is -0.334 e. The quantitative estimate of drug-likeness (QED) is 0.228. The number of benzene rings is 2. The molecule has 0 saturated heterocycles. The molecule has 2 aromatic carbocycles. The number of hydrogen-bond acceptors (Lipinski definition) is 7. The molecule has 0 saturated carbocycles. The molecule has 12 heteroatoms. The summed E-state index contributed by atoms with van der Waals surface area (Å²) in [5.74, 6) is 5.38. The zero-order chi connectivity index (χ0) is 21.6. The van der Waals surface area contributed by atoms with Crippen molar-refractivity contribution in [2.45, 2.75) is 11.3 Å². The molecule has 0 aliphatic heterocycles. The number of hydrazone groups is 1. The number of alkyl halides is 3. The van der Waals surface area contributed by atoms with Crippen molar-refractivity contribution in [1.82, 2.24) is 14.9 Å². The van der Waals surface area contributed by atoms with Crippen LogP contribution in [-0.2, 0) is 11.0 Å². The van der Waals surface area contributed by atoms with Crippen LogP contribution in [0.5, 0.6) is 0 Å². The summed E-state index contributed by atoms with van der Waals surface area (Å²) in [6.45, 7) is 0. The van der Waals surface area contributed by atoms with Crippen LogP contribution in [0.4, 0.5) is 24.8 Å². The number of amides is 1. The van der Waals surface area contributed by atoms with Crippen LogP contribution in [0.15, 0.2) is 64.9 Å². The lowest BCUT2D eigenvalue weighted by Crippen LogP contribution is -2.17. The highest BCUT2D eigenvalue weighted by Gasteiger charge is 2.30. The third-order valence-electron chi connectivity index (χ3n) is 3.65. The normalized spacial score (nSPS) is 11.6. The van der Waals surface area contributed by atoms with E-state index >= 15 is 0 Å². The van der Waals surface area contributed by atoms with Crippen LogP contribution in [0, 0.1) is 0 Å². The number of halogens is 3. The fraction of sp³-hybridized carbons (Fsp3) is 0.111. The van der Waals surface area contributed by atoms with E-state index in [2.05, 4.69) is 26.0 Å². The number of thioether (sulfide) groups is 1. The molecule has 1 amide bonds. The van der Waals surface area contributed by atoms with Gasteiger partial charge in [-0.25, -0.2) is 10.1 Å². The minimum atomic E-state index is -4.49. The van der Waals surface area contributed by atoms with E-state index in [1.807, 2.05) is 30.3 Å². The van der Waals surface area contributed by atoms with Gasteiger partial charge in [0.2, 0.25) is 11.1 Å². The minimum absolute atomic E-state index is 0.0437. The maximum atomic E-state index is 12.7. The number of aromatic nitrogens is 3. The van der Waals surface area contributed by atoms with Crippen molar-refractivity contribution in [1.29, 1.82) is 0 Å². The van der Waals surface area contributed by atoms with Gasteiger partial charge in [0.15, 0.2) is 0 Å². The summed E-state index contributed by atoms with van der Waals surface area (Å²) in [6.07, 6.45) is -2.91. The van der Waals surface area contributed by atoms with Gasteiger partial charge < -0.3 is 11.2 Å². The van der Waals surface area contributed by atoms with Crippen molar-refractivity contribution in [3.05, 3.63) is 65.7 Å². The molecule has 0 atom stereocenters. The SMILES string of the molecule is Nn1c(N/N=C/c2ccccc2)nnc1SCC(=O)Nc1cccc(C(F)(F)F)c1. The third-order valence-corrected chi connectivity index (χ3v) is 4.59. The summed E-state index contributed by atoms with van der Waals surface area (Å²) >= 11 is 0.973. The van der Waals surface area contributed by atoms with Crippen LogP contribution < -0.4 is 16.6 Å². The topological polar surface area (TPSA) is 110 Å². The zero-order valence-electron chi connectivity index (χ0n) is 15.3. The number of nitrogen functional groups attached to an aromatic ring is 1. The molecule has 0 radical (unpaired) electrons. The number of rotatable bonds is 7. The Morgan fingerprint density at radius 2 is 1.93 bits per heavy atom. The van der Waals surface area contributed by atoms with E-state index in [-0.39, 0.29) is 22.5 Å². The van der Waals surface area contributed by atoms with E-state index in [0.717, 1.165) is 34.1 Å². The third kappa shape index (κ3) is 5.73. The Kier molecular flexibility index (Phi) is 6.57. The van der Waals surface area contributed by atoms with Crippen LogP contribution >= 0.6 is 11.8 Å². The lowest BCUT2D eigenvalue weighted by molar-refractivity contribution is -0.137. The molecule has 0 aliphatic rings. The van der Waals surface area contributed by atoms with Crippen molar-refractivity contribution in [2.75, 3.05) is 22.3 Å². The average Bonchev–Trinajstić information content (AvgIpc) is 3.06. The Balaban J connectivity index is 1.54. The van der Waals surface area contributed by atoms with E-state index in [9.17, 15) is 18.0 Å². The molecule has 0 spiro atoms. The maximum absolute atomic E-state index is 12.7. The lowest BCUT2D eigenvalue weighted by Gasteiger charge is -2.09. The van der Waals surface area contributed by atoms with E-state index in [1.165, 1.54) is 12.1 Å². The van der Waals surface area contributed by atoms with Crippen LogP contribution in [0.2, 0.25) is 0 Å². The average molecular weight is 435 g/mol. The van der Waals surface area contributed by atoms with E-state index in [4.69, 9.17) is 5.84 Å². The number of nitrogens with one attached hydrogen (secondary N) is 2. The predicted molar refractivity (Wildman–Crippen MR) is 109 cm³/mol. The Labute approximate surface area is 173 Å². The van der Waals surface area contributed by atoms with Gasteiger partial charge in [-0.3, -0.25) is 4.79 Å². The molecule has 0 fully saturated rings. The van der Waals surface area contributed by atoms with E-state index < -0.39 is 17.6 Å². The smallest absolute Gasteiger partial charge is 0.334 e. The number of nitrogens with zero attached hydrogens (tertiary/aromatic N) is 4. The number of carbonyl (C=O) groups excluding carboxylic acids is 1. The van der Waals surface area contributed by atoms with Crippen molar-refractivity contribution in [3.8, 4) is 0 Å². The summed E-state index contributed by atoms with van der Waals surface area (Å²) in [5.41, 5.74) is 2.71. The molecule has 1 aromatic heterocycles. The first kappa shape index (κ1) is 21.2. The number of nitrogens with two attached hydrogens (primary N) is 1. The molecule has 3 aromatic rings. The highest BCUT2D eigenvalue weighted by Crippen LogP contribution is 2.30. The Bertz CT molecular complexity index is 1040. The summed E-state index contributed by atoms with van der Waals surface area (Å²) < 4.78 is 39.3. The van der Waals surface area contributed by atoms with Gasteiger partial charge in [-0.2, -0.15) is 18.3 Å². The predicted octanol–water partition coefficient (Wildman–Crippen LogP) is 3.19. The zero-order valence-corrected chi connectivity index (χ0v) is 16.1. The molecule has 156 valence electrons. The molecular weight excluding hydrogens is 419 g/mol. The van der Waals surface area contributed by atoms with Crippen molar-refractivity contribution < 1.29 is 18.0 Å². The van der Waals surface area contributed by atoms with Gasteiger partial charge >= 0.3 is 6.18 Å². The molecule has 0 aliphatic carbocycles. The monoisotopic (exact) mass is 435 g/mol. The largest absolute Gasteiger partial charge is 0.416 e. The highest BCUT2D eigenvalue weighted by atomic mass is 32.2. The molecule has 30 heavy (non-hydrogen) atoms. The summed E-state index contributed by atoms with van der Waals surface area (Å²) in [7, 11) is 0. The standard InChI is InChI=1S/C18H16F3N7OS/c19-18(20,21)13-7-4-8-14(9-13)24-15(29)11-30-17-27-26-16(28(17)22)25-23-10-12-5-2-1-3-6-12/h1-10H,11,22H2,(H,24,29)(H,25,26)/b23-10+. The van der Waals surface area contributed by atoms with Crippen molar-refractivity contribution in [2.24, 2.45) is 5.10 Å². The van der Waals surface area contributed by atoms with Gasteiger partial charge in [0.25, 0.3) is 5.95 Å². The van der Waals surface area contributed by atoms with Crippen LogP contribution in [-0.4, -0.2) is 32.7 Å². The van der Waals surface area contributed by atoms with Crippen molar-refractivity contribution >= 4 is 35.5 Å². The molecule has 0 unspecified atom stereocenters. The second-order valence-electron chi connectivity index (χ2n) is 5.87. The van der Waals surface area contributed by atoms with Crippen LogP contribution in [0.3, 0.4) is 0 Å². The molecule has 4 N–H and O–H groups in total. The summed E-state index contributed by atoms with van der Waals surface area (Å²) in [6, 6.07) is 13.7. The fourth-order valence-corrected chi connectivity index (χ4v) is 2.91. The second kappa shape index (κ2) is 9.31. The lowest BCUT2D eigenvalue weighted by atomic mass is 10.2. The van der Waals surface area contributed by atoms with Gasteiger partial charge in [-0.1, -0.05) is 48.2 Å². The molecule has 1 heterocycles. The van der Waals surface area contributed by atoms with Gasteiger partial charge in [0.05, 0.1) is 17.5 Å². The fourth-order valence-electron chi connectivity index (χ4n) is 2.26. The maximum Gasteiger partial charge on any atom is 0.416 e. The number of hydrogen-bond donors (Lipinski definition) is 3. The second-order valence-corrected chi connectivity index (χ2v) is 6.81. The first-order valence-electron chi connectivity index (χ1n) is 8.47. The first-order chi connectivity index (χ1) is 14.3. The van der Waals surface area contributed by atoms with Gasteiger partial charge in [-0.05, 0) is 23.8 Å². The Morgan fingerprint density at radius 1 is 1.17 bits per heavy atom. The van der Waals surface area contributed by atoms with Gasteiger partial charge in [0.1, 0.15) is 0 Å².